The summed E-state index contributed by atoms with van der Waals surface area (Å²) in [7, 11) is 0. The highest BCUT2D eigenvalue weighted by atomic mass is 15.2. The smallest absolute Gasteiger partial charge is 0.252 e. The first-order valence-corrected chi connectivity index (χ1v) is 30.4. The van der Waals surface area contributed by atoms with E-state index in [-0.39, 0.29) is 39.7 Å². The lowest BCUT2D eigenvalue weighted by Gasteiger charge is -2.46. The van der Waals surface area contributed by atoms with Crippen LogP contribution in [0, 0.1) is 0 Å². The second kappa shape index (κ2) is 22.1. The summed E-state index contributed by atoms with van der Waals surface area (Å²) in [6.07, 6.45) is 0.221. The number of para-hydroxylation sites is 6. The van der Waals surface area contributed by atoms with Gasteiger partial charge in [0.2, 0.25) is 0 Å². The molecule has 17 aromatic rings. The molecule has 0 N–H and O–H groups in total. The molecule has 0 saturated carbocycles. The Kier molecular flexibility index (Phi) is 6.35. The van der Waals surface area contributed by atoms with Gasteiger partial charge in [-0.3, -0.25) is 0 Å². The van der Waals surface area contributed by atoms with Crippen molar-refractivity contribution in [3.63, 3.8) is 0 Å². The molecule has 0 radical (unpaired) electrons. The number of fused-ring (bicyclic) bond motifs is 12. The van der Waals surface area contributed by atoms with E-state index in [2.05, 4.69) is 0 Å². The van der Waals surface area contributed by atoms with Gasteiger partial charge in [0.15, 0.2) is 0 Å². The minimum Gasteiger partial charge on any atom is -0.310 e. The molecule has 2 aromatic heterocycles. The first-order chi connectivity index (χ1) is 65.6. The number of hydrogen-bond donors (Lipinski definition) is 0. The third-order valence-electron chi connectivity index (χ3n) is 18.2. The Morgan fingerprint density at radius 2 is 0.639 bits per heavy atom. The van der Waals surface area contributed by atoms with Crippen molar-refractivity contribution in [3.05, 3.63) is 379 Å². The zero-order chi connectivity index (χ0) is 100. The fourth-order valence-electron chi connectivity index (χ4n) is 14.4. The van der Waals surface area contributed by atoms with Crippen molar-refractivity contribution < 1.29 is 57.6 Å². The van der Waals surface area contributed by atoms with Gasteiger partial charge in [0, 0.05) is 83.8 Å². The summed E-state index contributed by atoms with van der Waals surface area (Å²) >= 11 is 0. The summed E-state index contributed by atoms with van der Waals surface area (Å²) in [4.78, 5) is 2.36. The first-order valence-electron chi connectivity index (χ1n) is 51.4. The molecule has 0 fully saturated rings. The third kappa shape index (κ3) is 8.51. The molecule has 0 spiro atoms. The minimum absolute atomic E-state index is 0.0242. The fourth-order valence-corrected chi connectivity index (χ4v) is 14.4. The van der Waals surface area contributed by atoms with Gasteiger partial charge in [-0.2, -0.15) is 0 Å². The fraction of sp³-hybridized carbons (Fsp3) is 0.0217. The van der Waals surface area contributed by atoms with Crippen LogP contribution in [-0.2, 0) is 6.42 Å². The molecular formula is C92H61BN4. The van der Waals surface area contributed by atoms with Gasteiger partial charge in [-0.25, -0.2) is 0 Å². The highest BCUT2D eigenvalue weighted by molar-refractivity contribution is 7.00. The lowest BCUT2D eigenvalue weighted by Crippen LogP contribution is -2.61. The van der Waals surface area contributed by atoms with Crippen LogP contribution in [0.15, 0.2) is 351 Å². The molecule has 0 bridgehead atoms. The first kappa shape index (κ1) is 27.9. The standard InChI is InChI=1S/C92H61BN4/c1-5-27-60(28-6-1)71-43-25-44-72(61-29-7-2-8-30-61)91(71)96-85-58-67(94-81-47-21-17-39-75(81)76-40-18-22-48-82(76)94)51-53-79(85)93-80-54-52-68(95-83-49-23-19-41-77(83)78-42-20-24-50-84(78)95)59-86(80)97(92-73(62-31-9-3-10-32-62)45-26-46-74(92)63-33-11-4-12-34-63)88-57-66(56-87(96)90(88)93)89-69-37-15-13-35-64(69)55-65-36-14-16-38-70(65)89/h1-54,56-59,89H,55H2/i1D,2D,3D,4D,5D,6D,7D,8D,9D,10D,11D,12D,17D,18D,19D,20D,21D,22D,23D,24D,25D,26D,27D,28D,29D,30D,31D,32D,33D,34D,39D,40D,41D,42D,43D,44D,45D,46D,47D,48D,49D,50D. The van der Waals surface area contributed by atoms with Crippen LogP contribution in [0.1, 0.15) is 91.3 Å². The summed E-state index contributed by atoms with van der Waals surface area (Å²) in [5, 5.41) is -1.86. The maximum Gasteiger partial charge on any atom is 0.252 e. The summed E-state index contributed by atoms with van der Waals surface area (Å²) in [6.45, 7) is -1.74. The van der Waals surface area contributed by atoms with Gasteiger partial charge in [-0.15, -0.1) is 0 Å². The molecule has 15 aromatic carbocycles. The number of hydrogen-bond acceptors (Lipinski definition) is 2. The summed E-state index contributed by atoms with van der Waals surface area (Å²) < 4.78 is 409. The molecule has 0 saturated heterocycles. The molecule has 3 aliphatic rings. The molecule has 97 heavy (non-hydrogen) atoms. The maximum atomic E-state index is 10.6. The maximum absolute atomic E-state index is 10.6. The third-order valence-corrected chi connectivity index (χ3v) is 18.2. The number of rotatable bonds is 9. The van der Waals surface area contributed by atoms with Gasteiger partial charge in [-0.1, -0.05) is 290 Å². The summed E-state index contributed by atoms with van der Waals surface area (Å²) in [6, 6.07) is -17.6. The van der Waals surface area contributed by atoms with Crippen LogP contribution in [0.25, 0.3) is 99.5 Å². The normalized spacial score (nSPS) is 19.1. The van der Waals surface area contributed by atoms with Gasteiger partial charge in [0.05, 0.1) is 91.0 Å². The monoisotopic (exact) mass is 1270 g/mol. The van der Waals surface area contributed by atoms with E-state index in [0.29, 0.717) is 22.3 Å². The Hall–Kier alpha value is -12.4. The Morgan fingerprint density at radius 1 is 0.309 bits per heavy atom. The van der Waals surface area contributed by atoms with Crippen molar-refractivity contribution >= 4 is 101 Å². The van der Waals surface area contributed by atoms with E-state index < -0.39 is 389 Å². The molecule has 0 unspecified atom stereocenters. The molecule has 4 nitrogen and oxygen atoms in total. The van der Waals surface area contributed by atoms with Gasteiger partial charge in [0.25, 0.3) is 6.71 Å². The second-order valence-electron chi connectivity index (χ2n) is 23.1. The predicted octanol–water partition coefficient (Wildman–Crippen LogP) is 21.7. The molecule has 0 atom stereocenters. The van der Waals surface area contributed by atoms with E-state index in [0.717, 1.165) is 9.13 Å². The van der Waals surface area contributed by atoms with Crippen molar-refractivity contribution in [2.75, 3.05) is 9.80 Å². The van der Waals surface area contributed by atoms with E-state index in [9.17, 15) is 46.6 Å². The van der Waals surface area contributed by atoms with Crippen molar-refractivity contribution in [1.29, 1.82) is 0 Å². The van der Waals surface area contributed by atoms with Crippen LogP contribution in [0.4, 0.5) is 34.1 Å². The van der Waals surface area contributed by atoms with Crippen LogP contribution in [0.5, 0.6) is 0 Å². The van der Waals surface area contributed by atoms with Crippen molar-refractivity contribution in [3.8, 4) is 55.9 Å². The lowest BCUT2D eigenvalue weighted by atomic mass is 9.33. The van der Waals surface area contributed by atoms with Gasteiger partial charge >= 0.3 is 0 Å². The molecular weight excluding hydrogens is 1170 g/mol. The van der Waals surface area contributed by atoms with Gasteiger partial charge < -0.3 is 18.9 Å². The average Bonchev–Trinajstić information content (AvgIpc) is 1.70. The van der Waals surface area contributed by atoms with Crippen molar-refractivity contribution in [2.45, 2.75) is 12.3 Å². The van der Waals surface area contributed by atoms with Crippen LogP contribution < -0.4 is 26.2 Å². The van der Waals surface area contributed by atoms with Gasteiger partial charge in [-0.05, 0) is 133 Å². The van der Waals surface area contributed by atoms with Crippen LogP contribution in [-0.4, -0.2) is 15.8 Å². The minimum atomic E-state index is -1.74. The van der Waals surface area contributed by atoms with E-state index >= 15 is 0 Å². The highest BCUT2D eigenvalue weighted by Gasteiger charge is 2.46. The van der Waals surface area contributed by atoms with E-state index in [1.807, 2.05) is 12.1 Å². The molecule has 2 aliphatic heterocycles. The Labute approximate surface area is 623 Å². The number of aromatic nitrogens is 2. The largest absolute Gasteiger partial charge is 0.310 e. The highest BCUT2D eigenvalue weighted by Crippen LogP contribution is 2.55. The van der Waals surface area contributed by atoms with E-state index in [1.54, 1.807) is 36.4 Å². The number of nitrogens with zero attached hydrogens (tertiary/aromatic N) is 4. The zero-order valence-electron chi connectivity index (χ0n) is 91.9. The quantitative estimate of drug-likeness (QED) is 0.134. The molecule has 20 rings (SSSR count). The average molecular weight is 1280 g/mol. The van der Waals surface area contributed by atoms with Crippen molar-refractivity contribution in [2.24, 2.45) is 0 Å². The van der Waals surface area contributed by atoms with E-state index in [1.165, 1.54) is 58.3 Å². The summed E-state index contributed by atoms with van der Waals surface area (Å²) in [5.74, 6) is -1.22. The van der Waals surface area contributed by atoms with Crippen molar-refractivity contribution in [1.82, 2.24) is 9.13 Å². The van der Waals surface area contributed by atoms with Crippen LogP contribution >= 0.6 is 0 Å². The molecule has 5 heteroatoms. The van der Waals surface area contributed by atoms with Crippen LogP contribution in [0.2, 0.25) is 0 Å². The predicted molar refractivity (Wildman–Crippen MR) is 408 cm³/mol. The lowest BCUT2D eigenvalue weighted by molar-refractivity contribution is 0.885. The number of anilines is 6. The molecule has 452 valence electrons. The topological polar surface area (TPSA) is 16.3 Å². The Morgan fingerprint density at radius 3 is 1.00 bits per heavy atom. The summed E-state index contributed by atoms with van der Waals surface area (Å²) in [5.41, 5.74) is -11.9. The van der Waals surface area contributed by atoms with E-state index in [4.69, 9.17) is 11.0 Å². The molecule has 0 amide bonds. The number of benzene rings is 15. The molecule has 4 heterocycles. The Bertz CT molecular complexity index is 7730. The Balaban J connectivity index is 1.11. The van der Waals surface area contributed by atoms with Crippen LogP contribution in [0.3, 0.4) is 0 Å². The zero-order valence-corrected chi connectivity index (χ0v) is 49.9. The second-order valence-corrected chi connectivity index (χ2v) is 23.1. The van der Waals surface area contributed by atoms with Gasteiger partial charge in [0.1, 0.15) is 0 Å². The SMILES string of the molecule is [2H]c1c([2H])c([2H])c(-c2c([2H])c([2H])c([2H])c(-c3c([2H])c([2H])c([2H])c([2H])c3[2H])c2N2c3cc(-n4c5c([2H])c([2H])c([2H])c([2H])c5c5c([2H])c([2H])c([2H])c([2H])c54)ccc3B3c4ccc(-n5c6c([2H])c([2H])c([2H])c([2H])c6c6c([2H])c([2H])c([2H])c([2H])c65)cc4N(c4c(-c5c([2H])c([2H])c([2H])c([2H])c5[2H])c([2H])c([2H])c([2H])c4-c4c([2H])c([2H])c([2H])c([2H])c4[2H])c4cc(C5c6ccccc6Cc6ccccc65)cc2c43)c([2H])c1[2H]. The molecule has 1 aliphatic carbocycles.